The Balaban J connectivity index is 1.24. The van der Waals surface area contributed by atoms with Gasteiger partial charge in [0.15, 0.2) is 11.6 Å². The number of ether oxygens (including phenoxy) is 3. The summed E-state index contributed by atoms with van der Waals surface area (Å²) in [5.41, 5.74) is 0.759. The van der Waals surface area contributed by atoms with Crippen LogP contribution < -0.4 is 0 Å². The van der Waals surface area contributed by atoms with Crippen LogP contribution in [0.25, 0.3) is 0 Å². The number of hydrogen-bond acceptors (Lipinski definition) is 4. The number of hydrogen-bond donors (Lipinski definition) is 1. The van der Waals surface area contributed by atoms with E-state index in [1.807, 2.05) is 0 Å². The fraction of sp³-hybridized carbons (Fsp3) is 1.00. The molecule has 0 radical (unpaired) electrons. The number of aliphatic hydroxyl groups is 1. The summed E-state index contributed by atoms with van der Waals surface area (Å²) in [4.78, 5) is 0. The van der Waals surface area contributed by atoms with Crippen LogP contribution in [0.2, 0.25) is 0 Å². The third-order valence-corrected chi connectivity index (χ3v) is 12.3. The molecule has 4 aliphatic carbocycles. The summed E-state index contributed by atoms with van der Waals surface area (Å²) in [6.45, 7) is 10.8. The average Bonchev–Trinajstić information content (AvgIpc) is 3.21. The Morgan fingerprint density at radius 1 is 0.906 bits per heavy atom. The maximum atomic E-state index is 10.8. The van der Waals surface area contributed by atoms with Gasteiger partial charge in [0, 0.05) is 32.3 Å². The molecule has 6 fully saturated rings. The predicted octanol–water partition coefficient (Wildman–Crippen LogP) is 5.77. The maximum absolute atomic E-state index is 10.8. The first-order valence-electron chi connectivity index (χ1n) is 13.7. The van der Waals surface area contributed by atoms with Gasteiger partial charge in [0.1, 0.15) is 0 Å². The molecule has 0 bridgehead atoms. The highest BCUT2D eigenvalue weighted by atomic mass is 16.7. The molecule has 0 aromatic rings. The van der Waals surface area contributed by atoms with Crippen LogP contribution in [-0.4, -0.2) is 36.5 Å². The molecule has 182 valence electrons. The lowest BCUT2D eigenvalue weighted by Crippen LogP contribution is -2.56. The molecule has 1 N–H and O–H groups in total. The molecule has 6 aliphatic rings. The molecule has 2 aliphatic heterocycles. The monoisotopic (exact) mass is 446 g/mol. The number of fused-ring (bicyclic) bond motifs is 7. The van der Waals surface area contributed by atoms with Crippen molar-refractivity contribution in [1.29, 1.82) is 0 Å². The molecule has 32 heavy (non-hydrogen) atoms. The Kier molecular flexibility index (Phi) is 5.01. The zero-order valence-corrected chi connectivity index (χ0v) is 21.1. The summed E-state index contributed by atoms with van der Waals surface area (Å²) in [5.74, 6) is 3.65. The molecule has 0 amide bonds. The standard InChI is InChI=1S/C28H46O4/c1-17-8-11-28(31-16-17)18(2)24-23(32-28)14-22-20-7-6-19-15-27(29,30-5)13-12-25(19,3)21(20)9-10-26(22,24)4/h17-24,29H,6-16H2,1-5H3/t17-,18-,19+,20+,21-,22-,23-,24-,25-,26-,27+,28+/m0/s1. The van der Waals surface area contributed by atoms with Gasteiger partial charge in [0.2, 0.25) is 0 Å². The van der Waals surface area contributed by atoms with E-state index in [0.29, 0.717) is 40.6 Å². The second-order valence-corrected chi connectivity index (χ2v) is 13.5. The van der Waals surface area contributed by atoms with Gasteiger partial charge in [-0.1, -0.05) is 27.7 Å². The Bertz CT molecular complexity index is 746. The number of methoxy groups -OCH3 is 1. The number of rotatable bonds is 1. The van der Waals surface area contributed by atoms with Crippen LogP contribution >= 0.6 is 0 Å². The topological polar surface area (TPSA) is 47.9 Å². The Morgan fingerprint density at radius 3 is 2.44 bits per heavy atom. The van der Waals surface area contributed by atoms with Gasteiger partial charge in [-0.15, -0.1) is 0 Å². The van der Waals surface area contributed by atoms with Gasteiger partial charge in [-0.3, -0.25) is 0 Å². The third kappa shape index (κ3) is 2.88. The summed E-state index contributed by atoms with van der Waals surface area (Å²) >= 11 is 0. The zero-order valence-electron chi connectivity index (χ0n) is 21.1. The predicted molar refractivity (Wildman–Crippen MR) is 124 cm³/mol. The minimum absolute atomic E-state index is 0.301. The fourth-order valence-corrected chi connectivity index (χ4v) is 10.4. The van der Waals surface area contributed by atoms with E-state index >= 15 is 0 Å². The minimum Gasteiger partial charge on any atom is -0.365 e. The van der Waals surface area contributed by atoms with E-state index in [4.69, 9.17) is 14.2 Å². The van der Waals surface area contributed by atoms with Gasteiger partial charge in [0.05, 0.1) is 12.7 Å². The molecule has 0 aromatic heterocycles. The van der Waals surface area contributed by atoms with Gasteiger partial charge < -0.3 is 19.3 Å². The lowest BCUT2D eigenvalue weighted by atomic mass is 9.44. The largest absolute Gasteiger partial charge is 0.365 e. The van der Waals surface area contributed by atoms with Gasteiger partial charge in [-0.05, 0) is 91.3 Å². The zero-order chi connectivity index (χ0) is 22.5. The molecular weight excluding hydrogens is 400 g/mol. The van der Waals surface area contributed by atoms with Crippen LogP contribution in [-0.2, 0) is 14.2 Å². The van der Waals surface area contributed by atoms with E-state index in [9.17, 15) is 5.11 Å². The van der Waals surface area contributed by atoms with Crippen molar-refractivity contribution >= 4 is 0 Å². The van der Waals surface area contributed by atoms with Crippen LogP contribution in [0, 0.1) is 52.3 Å². The SMILES string of the molecule is CO[C@]1(O)CC[C@@]2(C)[C@H](CC[C@@H]3[C@@H]2CC[C@]2(C)[C@@H]4[C@H](C[C@@H]32)O[C@]2(CC[C@H](C)CO2)[C@H]4C)C1. The summed E-state index contributed by atoms with van der Waals surface area (Å²) in [5, 5.41) is 10.8. The minimum atomic E-state index is -0.889. The van der Waals surface area contributed by atoms with Crippen molar-refractivity contribution in [2.75, 3.05) is 13.7 Å². The van der Waals surface area contributed by atoms with E-state index in [2.05, 4.69) is 27.7 Å². The quantitative estimate of drug-likeness (QED) is 0.520. The van der Waals surface area contributed by atoms with Gasteiger partial charge >= 0.3 is 0 Å². The van der Waals surface area contributed by atoms with Crippen molar-refractivity contribution < 1.29 is 19.3 Å². The van der Waals surface area contributed by atoms with Crippen LogP contribution in [0.15, 0.2) is 0 Å². The highest BCUT2D eigenvalue weighted by Crippen LogP contribution is 2.71. The molecular formula is C28H46O4. The first kappa shape index (κ1) is 22.3. The fourth-order valence-electron chi connectivity index (χ4n) is 10.4. The van der Waals surface area contributed by atoms with Crippen molar-refractivity contribution in [3.63, 3.8) is 0 Å². The lowest BCUT2D eigenvalue weighted by Gasteiger charge is -2.62. The second-order valence-electron chi connectivity index (χ2n) is 13.5. The lowest BCUT2D eigenvalue weighted by molar-refractivity contribution is -0.274. The van der Waals surface area contributed by atoms with Crippen molar-refractivity contribution in [2.24, 2.45) is 52.3 Å². The normalized spacial score (nSPS) is 61.7. The Morgan fingerprint density at radius 2 is 1.72 bits per heavy atom. The van der Waals surface area contributed by atoms with Crippen LogP contribution in [0.4, 0.5) is 0 Å². The van der Waals surface area contributed by atoms with E-state index in [0.717, 1.165) is 50.0 Å². The summed E-state index contributed by atoms with van der Waals surface area (Å²) in [6, 6.07) is 0. The average molecular weight is 447 g/mol. The Hall–Kier alpha value is -0.160. The van der Waals surface area contributed by atoms with E-state index in [1.165, 1.54) is 38.5 Å². The van der Waals surface area contributed by atoms with Gasteiger partial charge in [-0.2, -0.15) is 0 Å². The smallest absolute Gasteiger partial charge is 0.171 e. The van der Waals surface area contributed by atoms with Crippen LogP contribution in [0.1, 0.15) is 91.9 Å². The second kappa shape index (κ2) is 7.18. The molecule has 0 unspecified atom stereocenters. The molecule has 1 spiro atoms. The maximum Gasteiger partial charge on any atom is 0.171 e. The molecule has 2 heterocycles. The van der Waals surface area contributed by atoms with Crippen molar-refractivity contribution in [1.82, 2.24) is 0 Å². The first-order chi connectivity index (χ1) is 15.1. The van der Waals surface area contributed by atoms with Crippen LogP contribution in [0.5, 0.6) is 0 Å². The highest BCUT2D eigenvalue weighted by Gasteiger charge is 2.69. The van der Waals surface area contributed by atoms with Crippen molar-refractivity contribution in [3.8, 4) is 0 Å². The van der Waals surface area contributed by atoms with Crippen molar-refractivity contribution in [3.05, 3.63) is 0 Å². The van der Waals surface area contributed by atoms with Crippen molar-refractivity contribution in [2.45, 2.75) is 110 Å². The molecule has 12 atom stereocenters. The molecule has 2 saturated heterocycles. The van der Waals surface area contributed by atoms with E-state index < -0.39 is 5.79 Å². The molecule has 0 aromatic carbocycles. The third-order valence-electron chi connectivity index (χ3n) is 12.3. The summed E-state index contributed by atoms with van der Waals surface area (Å²) in [6.07, 6.45) is 12.0. The molecule has 4 heteroatoms. The molecule has 6 rings (SSSR count). The molecule has 4 nitrogen and oxygen atoms in total. The highest BCUT2D eigenvalue weighted by molar-refractivity contribution is 5.15. The summed E-state index contributed by atoms with van der Waals surface area (Å²) in [7, 11) is 1.68. The summed E-state index contributed by atoms with van der Waals surface area (Å²) < 4.78 is 18.9. The van der Waals surface area contributed by atoms with E-state index in [-0.39, 0.29) is 5.79 Å². The van der Waals surface area contributed by atoms with E-state index in [1.54, 1.807) is 7.11 Å². The van der Waals surface area contributed by atoms with Gasteiger partial charge in [0.25, 0.3) is 0 Å². The molecule has 4 saturated carbocycles. The Labute approximate surface area is 195 Å². The first-order valence-corrected chi connectivity index (χ1v) is 13.7. The van der Waals surface area contributed by atoms with Gasteiger partial charge in [-0.25, -0.2) is 0 Å². The van der Waals surface area contributed by atoms with Crippen LogP contribution in [0.3, 0.4) is 0 Å².